The number of amides is 1. The predicted molar refractivity (Wildman–Crippen MR) is 112 cm³/mol. The highest BCUT2D eigenvalue weighted by Crippen LogP contribution is 2.33. The molecule has 0 saturated carbocycles. The molecule has 8 heteroatoms. The van der Waals surface area contributed by atoms with Crippen molar-refractivity contribution in [1.29, 1.82) is 0 Å². The maximum atomic E-state index is 13.7. The van der Waals surface area contributed by atoms with Crippen LogP contribution in [0.5, 0.6) is 5.75 Å². The summed E-state index contributed by atoms with van der Waals surface area (Å²) in [5.41, 5.74) is 0.537. The minimum absolute atomic E-state index is 0.0506. The summed E-state index contributed by atoms with van der Waals surface area (Å²) in [5.74, 6) is -0.0665. The van der Waals surface area contributed by atoms with Crippen LogP contribution >= 0.6 is 0 Å². The van der Waals surface area contributed by atoms with Crippen LogP contribution in [0.25, 0.3) is 0 Å². The number of halogens is 1. The minimum atomic E-state index is -3.90. The van der Waals surface area contributed by atoms with Crippen LogP contribution in [0.15, 0.2) is 47.4 Å². The SMILES string of the molecule is COc1ccc(CNC(=O)[C@@]2(C)CCCN(S(=O)(=O)c3cc(F)ccc3C)C2)cc1. The van der Waals surface area contributed by atoms with Crippen LogP contribution in [-0.4, -0.2) is 38.8 Å². The molecule has 0 aromatic heterocycles. The van der Waals surface area contributed by atoms with Crippen LogP contribution in [-0.2, 0) is 21.4 Å². The van der Waals surface area contributed by atoms with Crippen LogP contribution in [0, 0.1) is 18.2 Å². The number of benzene rings is 2. The Morgan fingerprint density at radius 1 is 1.23 bits per heavy atom. The second-order valence-corrected chi connectivity index (χ2v) is 9.85. The Morgan fingerprint density at radius 2 is 1.93 bits per heavy atom. The normalized spacial score (nSPS) is 20.0. The van der Waals surface area contributed by atoms with Crippen molar-refractivity contribution in [3.05, 3.63) is 59.4 Å². The zero-order valence-corrected chi connectivity index (χ0v) is 18.3. The van der Waals surface area contributed by atoms with Gasteiger partial charge in [-0.1, -0.05) is 18.2 Å². The van der Waals surface area contributed by atoms with Gasteiger partial charge in [0.2, 0.25) is 15.9 Å². The average molecular weight is 435 g/mol. The monoisotopic (exact) mass is 434 g/mol. The van der Waals surface area contributed by atoms with Gasteiger partial charge in [0.1, 0.15) is 11.6 Å². The zero-order valence-electron chi connectivity index (χ0n) is 17.4. The van der Waals surface area contributed by atoms with Crippen LogP contribution < -0.4 is 10.1 Å². The lowest BCUT2D eigenvalue weighted by molar-refractivity contribution is -0.132. The Bertz CT molecular complexity index is 1020. The van der Waals surface area contributed by atoms with E-state index in [1.54, 1.807) is 21.0 Å². The molecule has 1 atom stereocenters. The Balaban J connectivity index is 1.73. The molecular weight excluding hydrogens is 407 g/mol. The van der Waals surface area contributed by atoms with E-state index in [1.807, 2.05) is 24.3 Å². The molecule has 0 bridgehead atoms. The molecule has 2 aromatic rings. The average Bonchev–Trinajstić information content (AvgIpc) is 2.74. The molecule has 162 valence electrons. The number of nitrogens with zero attached hydrogens (tertiary/aromatic N) is 1. The molecule has 0 spiro atoms. The summed E-state index contributed by atoms with van der Waals surface area (Å²) < 4.78 is 46.4. The number of sulfonamides is 1. The van der Waals surface area contributed by atoms with E-state index in [9.17, 15) is 17.6 Å². The minimum Gasteiger partial charge on any atom is -0.497 e. The summed E-state index contributed by atoms with van der Waals surface area (Å²) in [6.07, 6.45) is 1.13. The molecule has 0 aliphatic carbocycles. The van der Waals surface area contributed by atoms with Crippen molar-refractivity contribution < 1.29 is 22.3 Å². The predicted octanol–water partition coefficient (Wildman–Crippen LogP) is 3.25. The van der Waals surface area contributed by atoms with Gasteiger partial charge >= 0.3 is 0 Å². The molecule has 2 aromatic carbocycles. The van der Waals surface area contributed by atoms with Gasteiger partial charge in [0, 0.05) is 19.6 Å². The summed E-state index contributed by atoms with van der Waals surface area (Å²) >= 11 is 0. The molecule has 30 heavy (non-hydrogen) atoms. The maximum Gasteiger partial charge on any atom is 0.243 e. The Kier molecular flexibility index (Phi) is 6.47. The fourth-order valence-electron chi connectivity index (χ4n) is 3.71. The lowest BCUT2D eigenvalue weighted by atomic mass is 9.82. The van der Waals surface area contributed by atoms with E-state index in [2.05, 4.69) is 5.32 Å². The standard InChI is InChI=1S/C22H27FN2O4S/c1-16-5-8-18(23)13-20(16)30(27,28)25-12-4-11-22(2,15-25)21(26)24-14-17-6-9-19(29-3)10-7-17/h5-10,13H,4,11-12,14-15H2,1-3H3,(H,24,26)/t22-/m0/s1. The number of nitrogens with one attached hydrogen (secondary N) is 1. The van der Waals surface area contributed by atoms with Crippen LogP contribution in [0.2, 0.25) is 0 Å². The molecular formula is C22H27FN2O4S. The maximum absolute atomic E-state index is 13.7. The van der Waals surface area contributed by atoms with Crippen LogP contribution in [0.3, 0.4) is 0 Å². The number of rotatable bonds is 6. The largest absolute Gasteiger partial charge is 0.497 e. The lowest BCUT2D eigenvalue weighted by Crippen LogP contribution is -2.51. The van der Waals surface area contributed by atoms with Crippen molar-refractivity contribution in [2.45, 2.75) is 38.1 Å². The molecule has 1 heterocycles. The first kappa shape index (κ1) is 22.2. The van der Waals surface area contributed by atoms with E-state index in [0.29, 0.717) is 31.5 Å². The highest BCUT2D eigenvalue weighted by atomic mass is 32.2. The van der Waals surface area contributed by atoms with Crippen molar-refractivity contribution >= 4 is 15.9 Å². The number of hydrogen-bond acceptors (Lipinski definition) is 4. The topological polar surface area (TPSA) is 75.7 Å². The second kappa shape index (κ2) is 8.73. The third kappa shape index (κ3) is 4.65. The Hall–Kier alpha value is -2.45. The van der Waals surface area contributed by atoms with Gasteiger partial charge in [-0.15, -0.1) is 0 Å². The molecule has 0 unspecified atom stereocenters. The number of aryl methyl sites for hydroxylation is 1. The van der Waals surface area contributed by atoms with E-state index in [0.717, 1.165) is 17.4 Å². The molecule has 3 rings (SSSR count). The number of ether oxygens (including phenoxy) is 1. The summed E-state index contributed by atoms with van der Waals surface area (Å²) in [7, 11) is -2.31. The van der Waals surface area contributed by atoms with Gasteiger partial charge < -0.3 is 10.1 Å². The van der Waals surface area contributed by atoms with E-state index in [-0.39, 0.29) is 17.3 Å². The second-order valence-electron chi connectivity index (χ2n) is 7.94. The number of piperidine rings is 1. The summed E-state index contributed by atoms with van der Waals surface area (Å²) in [6.45, 7) is 4.11. The number of hydrogen-bond donors (Lipinski definition) is 1. The lowest BCUT2D eigenvalue weighted by Gasteiger charge is -2.38. The summed E-state index contributed by atoms with van der Waals surface area (Å²) in [6, 6.07) is 11.1. The molecule has 1 amide bonds. The fourth-order valence-corrected chi connectivity index (χ4v) is 5.55. The third-order valence-electron chi connectivity index (χ3n) is 5.59. The van der Waals surface area contributed by atoms with Crippen molar-refractivity contribution in [2.24, 2.45) is 5.41 Å². The molecule has 1 aliphatic rings. The van der Waals surface area contributed by atoms with Gasteiger partial charge in [-0.3, -0.25) is 4.79 Å². The van der Waals surface area contributed by atoms with Gasteiger partial charge in [-0.25, -0.2) is 12.8 Å². The fraction of sp³-hybridized carbons (Fsp3) is 0.409. The molecule has 0 radical (unpaired) electrons. The number of carbonyl (C=O) groups excluding carboxylic acids is 1. The highest BCUT2D eigenvalue weighted by molar-refractivity contribution is 7.89. The van der Waals surface area contributed by atoms with Crippen molar-refractivity contribution in [3.63, 3.8) is 0 Å². The summed E-state index contributed by atoms with van der Waals surface area (Å²) in [4.78, 5) is 12.9. The van der Waals surface area contributed by atoms with E-state index >= 15 is 0 Å². The molecule has 1 N–H and O–H groups in total. The molecule has 1 fully saturated rings. The summed E-state index contributed by atoms with van der Waals surface area (Å²) in [5, 5.41) is 2.92. The number of carbonyl (C=O) groups is 1. The zero-order chi connectivity index (χ0) is 21.9. The highest BCUT2D eigenvalue weighted by Gasteiger charge is 2.42. The molecule has 1 saturated heterocycles. The van der Waals surface area contributed by atoms with E-state index in [4.69, 9.17) is 4.74 Å². The molecule has 1 aliphatic heterocycles. The number of methoxy groups -OCH3 is 1. The van der Waals surface area contributed by atoms with E-state index < -0.39 is 21.3 Å². The van der Waals surface area contributed by atoms with Gasteiger partial charge in [0.25, 0.3) is 0 Å². The first-order valence-electron chi connectivity index (χ1n) is 9.83. The third-order valence-corrected chi connectivity index (χ3v) is 7.58. The Labute approximate surface area is 177 Å². The van der Waals surface area contributed by atoms with Crippen molar-refractivity contribution in [3.8, 4) is 5.75 Å². The first-order chi connectivity index (χ1) is 14.2. The van der Waals surface area contributed by atoms with Crippen LogP contribution in [0.1, 0.15) is 30.9 Å². The quantitative estimate of drug-likeness (QED) is 0.757. The Morgan fingerprint density at radius 3 is 2.60 bits per heavy atom. The van der Waals surface area contributed by atoms with Crippen LogP contribution in [0.4, 0.5) is 4.39 Å². The van der Waals surface area contributed by atoms with Gasteiger partial charge in [-0.2, -0.15) is 4.31 Å². The van der Waals surface area contributed by atoms with Gasteiger partial charge in [-0.05, 0) is 62.1 Å². The van der Waals surface area contributed by atoms with Gasteiger partial charge in [0.05, 0.1) is 17.4 Å². The molecule has 6 nitrogen and oxygen atoms in total. The van der Waals surface area contributed by atoms with Crippen molar-refractivity contribution in [1.82, 2.24) is 9.62 Å². The smallest absolute Gasteiger partial charge is 0.243 e. The first-order valence-corrected chi connectivity index (χ1v) is 11.3. The van der Waals surface area contributed by atoms with Crippen molar-refractivity contribution in [2.75, 3.05) is 20.2 Å². The van der Waals surface area contributed by atoms with E-state index in [1.165, 1.54) is 16.4 Å². The van der Waals surface area contributed by atoms with Gasteiger partial charge in [0.15, 0.2) is 0 Å².